The summed E-state index contributed by atoms with van der Waals surface area (Å²) in [5.74, 6) is -1.22. The minimum Gasteiger partial charge on any atom is -0.465 e. The van der Waals surface area contributed by atoms with Gasteiger partial charge in [-0.05, 0) is 66.6 Å². The number of halogens is 2. The first-order valence-corrected chi connectivity index (χ1v) is 11.4. The SMILES string of the molecule is COC(=O)c1ccc(CN(C(=O)N2CCN(c3ccc(F)cc3)CC2)c2ccc(C)cc2F)cc1. The van der Waals surface area contributed by atoms with Gasteiger partial charge in [-0.3, -0.25) is 4.90 Å². The largest absolute Gasteiger partial charge is 0.465 e. The Morgan fingerprint density at radius 2 is 1.57 bits per heavy atom. The summed E-state index contributed by atoms with van der Waals surface area (Å²) >= 11 is 0. The molecule has 1 heterocycles. The summed E-state index contributed by atoms with van der Waals surface area (Å²) < 4.78 is 32.9. The van der Waals surface area contributed by atoms with E-state index in [9.17, 15) is 18.4 Å². The van der Waals surface area contributed by atoms with E-state index >= 15 is 0 Å². The van der Waals surface area contributed by atoms with Crippen LogP contribution >= 0.6 is 0 Å². The molecule has 0 aromatic heterocycles. The van der Waals surface area contributed by atoms with E-state index in [1.165, 1.54) is 30.2 Å². The van der Waals surface area contributed by atoms with E-state index in [0.717, 1.165) is 16.8 Å². The number of carbonyl (C=O) groups is 2. The van der Waals surface area contributed by atoms with E-state index in [1.807, 2.05) is 0 Å². The van der Waals surface area contributed by atoms with Crippen LogP contribution in [-0.2, 0) is 11.3 Å². The van der Waals surface area contributed by atoms with Crippen molar-refractivity contribution < 1.29 is 23.1 Å². The molecule has 0 bridgehead atoms. The Hall–Kier alpha value is -3.94. The van der Waals surface area contributed by atoms with Gasteiger partial charge in [0.25, 0.3) is 0 Å². The number of esters is 1. The third-order valence-electron chi connectivity index (χ3n) is 6.08. The number of amides is 2. The predicted molar refractivity (Wildman–Crippen MR) is 131 cm³/mol. The predicted octanol–water partition coefficient (Wildman–Crippen LogP) is 5.01. The van der Waals surface area contributed by atoms with Crippen molar-refractivity contribution in [1.29, 1.82) is 0 Å². The molecular formula is C27H27F2N3O3. The Balaban J connectivity index is 1.53. The quantitative estimate of drug-likeness (QED) is 0.483. The van der Waals surface area contributed by atoms with Crippen molar-refractivity contribution in [2.24, 2.45) is 0 Å². The summed E-state index contributed by atoms with van der Waals surface area (Å²) in [7, 11) is 1.31. The van der Waals surface area contributed by atoms with Crippen molar-refractivity contribution in [2.75, 3.05) is 43.1 Å². The summed E-state index contributed by atoms with van der Waals surface area (Å²) in [6.45, 7) is 3.98. The van der Waals surface area contributed by atoms with E-state index in [-0.39, 0.29) is 24.1 Å². The summed E-state index contributed by atoms with van der Waals surface area (Å²) in [5.41, 5.74) is 2.99. The molecule has 0 N–H and O–H groups in total. The van der Waals surface area contributed by atoms with Crippen molar-refractivity contribution >= 4 is 23.4 Å². The number of hydrogen-bond acceptors (Lipinski definition) is 4. The van der Waals surface area contributed by atoms with Crippen molar-refractivity contribution in [3.8, 4) is 0 Å². The van der Waals surface area contributed by atoms with Crippen LogP contribution in [0.15, 0.2) is 66.7 Å². The topological polar surface area (TPSA) is 53.1 Å². The third kappa shape index (κ3) is 5.59. The molecule has 3 aromatic rings. The number of urea groups is 1. The number of hydrogen-bond donors (Lipinski definition) is 0. The molecule has 1 saturated heterocycles. The summed E-state index contributed by atoms with van der Waals surface area (Å²) in [6.07, 6.45) is 0. The first-order valence-electron chi connectivity index (χ1n) is 11.4. The number of piperazine rings is 1. The fraction of sp³-hybridized carbons (Fsp3) is 0.259. The van der Waals surface area contributed by atoms with Crippen molar-refractivity contribution in [3.63, 3.8) is 0 Å². The molecule has 0 spiro atoms. The van der Waals surface area contributed by atoms with Crippen LogP contribution in [0.2, 0.25) is 0 Å². The van der Waals surface area contributed by atoms with Crippen LogP contribution in [-0.4, -0.2) is 50.2 Å². The number of methoxy groups -OCH3 is 1. The van der Waals surface area contributed by atoms with E-state index in [1.54, 1.807) is 60.4 Å². The normalized spacial score (nSPS) is 13.5. The number of nitrogens with zero attached hydrogens (tertiary/aromatic N) is 3. The van der Waals surface area contributed by atoms with Crippen LogP contribution in [0, 0.1) is 18.6 Å². The Morgan fingerprint density at radius 3 is 2.17 bits per heavy atom. The lowest BCUT2D eigenvalue weighted by Gasteiger charge is -2.38. The van der Waals surface area contributed by atoms with Gasteiger partial charge in [0.2, 0.25) is 0 Å². The minimum atomic E-state index is -0.477. The lowest BCUT2D eigenvalue weighted by atomic mass is 10.1. The molecule has 1 aliphatic heterocycles. The number of benzene rings is 3. The molecule has 3 aromatic carbocycles. The number of rotatable bonds is 5. The molecule has 8 heteroatoms. The van der Waals surface area contributed by atoms with Gasteiger partial charge in [0.05, 0.1) is 24.9 Å². The Labute approximate surface area is 203 Å². The van der Waals surface area contributed by atoms with Gasteiger partial charge >= 0.3 is 12.0 Å². The number of carbonyl (C=O) groups excluding carboxylic acids is 2. The average Bonchev–Trinajstić information content (AvgIpc) is 2.88. The molecule has 0 saturated carbocycles. The molecule has 35 heavy (non-hydrogen) atoms. The van der Waals surface area contributed by atoms with Gasteiger partial charge in [0, 0.05) is 31.9 Å². The molecule has 0 atom stereocenters. The van der Waals surface area contributed by atoms with Crippen LogP contribution in [0.1, 0.15) is 21.5 Å². The first kappa shape index (κ1) is 24.2. The van der Waals surface area contributed by atoms with Gasteiger partial charge in [-0.25, -0.2) is 18.4 Å². The number of anilines is 2. The molecule has 6 nitrogen and oxygen atoms in total. The number of ether oxygens (including phenoxy) is 1. The van der Waals surface area contributed by atoms with Crippen molar-refractivity contribution in [2.45, 2.75) is 13.5 Å². The van der Waals surface area contributed by atoms with Gasteiger partial charge in [-0.2, -0.15) is 0 Å². The second-order valence-electron chi connectivity index (χ2n) is 8.46. The highest BCUT2D eigenvalue weighted by Gasteiger charge is 2.28. The molecule has 1 aliphatic rings. The molecule has 4 rings (SSSR count). The van der Waals surface area contributed by atoms with E-state index in [4.69, 9.17) is 4.74 Å². The van der Waals surface area contributed by atoms with Crippen LogP contribution < -0.4 is 9.80 Å². The van der Waals surface area contributed by atoms with Gasteiger partial charge < -0.3 is 14.5 Å². The maximum Gasteiger partial charge on any atom is 0.337 e. The van der Waals surface area contributed by atoms with Crippen molar-refractivity contribution in [3.05, 3.63) is 95.1 Å². The number of aryl methyl sites for hydroxylation is 1. The fourth-order valence-corrected chi connectivity index (χ4v) is 4.11. The second kappa shape index (κ2) is 10.5. The van der Waals surface area contributed by atoms with Gasteiger partial charge in [0.1, 0.15) is 11.6 Å². The van der Waals surface area contributed by atoms with E-state index in [2.05, 4.69) is 4.90 Å². The van der Waals surface area contributed by atoms with E-state index < -0.39 is 11.8 Å². The van der Waals surface area contributed by atoms with Crippen LogP contribution in [0.25, 0.3) is 0 Å². The molecule has 0 aliphatic carbocycles. The first-order chi connectivity index (χ1) is 16.9. The molecule has 1 fully saturated rings. The van der Waals surface area contributed by atoms with Crippen LogP contribution in [0.3, 0.4) is 0 Å². The molecule has 0 unspecified atom stereocenters. The minimum absolute atomic E-state index is 0.137. The molecule has 0 radical (unpaired) electrons. The smallest absolute Gasteiger partial charge is 0.337 e. The molecule has 182 valence electrons. The monoisotopic (exact) mass is 479 g/mol. The zero-order valence-electron chi connectivity index (χ0n) is 19.7. The lowest BCUT2D eigenvalue weighted by Crippen LogP contribution is -2.53. The summed E-state index contributed by atoms with van der Waals surface area (Å²) in [5, 5.41) is 0. The molecular weight excluding hydrogens is 452 g/mol. The average molecular weight is 480 g/mol. The van der Waals surface area contributed by atoms with Gasteiger partial charge in [0.15, 0.2) is 0 Å². The fourth-order valence-electron chi connectivity index (χ4n) is 4.11. The second-order valence-corrected chi connectivity index (χ2v) is 8.46. The standard InChI is InChI=1S/C27H27F2N3O3/c1-19-3-12-25(24(29)17-19)32(18-20-4-6-21(7-5-20)26(33)35-2)27(34)31-15-13-30(14-16-31)23-10-8-22(28)9-11-23/h3-12,17H,13-16,18H2,1-2H3. The maximum atomic E-state index is 15.0. The summed E-state index contributed by atoms with van der Waals surface area (Å²) in [6, 6.07) is 17.5. The van der Waals surface area contributed by atoms with Gasteiger partial charge in [-0.1, -0.05) is 18.2 Å². The highest BCUT2D eigenvalue weighted by molar-refractivity contribution is 5.92. The van der Waals surface area contributed by atoms with Crippen LogP contribution in [0.5, 0.6) is 0 Å². The maximum absolute atomic E-state index is 15.0. The Kier molecular flexibility index (Phi) is 7.29. The third-order valence-corrected chi connectivity index (χ3v) is 6.08. The highest BCUT2D eigenvalue weighted by Crippen LogP contribution is 2.25. The highest BCUT2D eigenvalue weighted by atomic mass is 19.1. The summed E-state index contributed by atoms with van der Waals surface area (Å²) in [4.78, 5) is 30.5. The Morgan fingerprint density at radius 1 is 0.914 bits per heavy atom. The van der Waals surface area contributed by atoms with Gasteiger partial charge in [-0.15, -0.1) is 0 Å². The van der Waals surface area contributed by atoms with E-state index in [0.29, 0.717) is 31.7 Å². The zero-order valence-corrected chi connectivity index (χ0v) is 19.7. The lowest BCUT2D eigenvalue weighted by molar-refractivity contribution is 0.0600. The zero-order chi connectivity index (χ0) is 24.9. The Bertz CT molecular complexity index is 1190. The van der Waals surface area contributed by atoms with Crippen LogP contribution in [0.4, 0.5) is 25.0 Å². The van der Waals surface area contributed by atoms with Crippen molar-refractivity contribution in [1.82, 2.24) is 4.90 Å². The molecule has 2 amide bonds.